The van der Waals surface area contributed by atoms with Crippen LogP contribution in [0.15, 0.2) is 35.6 Å². The number of nitrogens with zero attached hydrogens (tertiary/aromatic N) is 3. The minimum atomic E-state index is 0.325. The fraction of sp³-hybridized carbons (Fsp3) is 0.235. The molecule has 0 aliphatic rings. The SMILES string of the molecule is COc1cc(C)c(-c2nc3c(C)cccn3c2N=O)cc1C. The molecule has 5 heteroatoms. The van der Waals surface area contributed by atoms with Crippen molar-refractivity contribution in [1.29, 1.82) is 0 Å². The Hall–Kier alpha value is -2.69. The van der Waals surface area contributed by atoms with Crippen LogP contribution in [0.5, 0.6) is 5.75 Å². The lowest BCUT2D eigenvalue weighted by Gasteiger charge is -2.09. The predicted molar refractivity (Wildman–Crippen MR) is 86.8 cm³/mol. The first-order valence-electron chi connectivity index (χ1n) is 7.03. The lowest BCUT2D eigenvalue weighted by atomic mass is 10.0. The Morgan fingerprint density at radius 2 is 1.91 bits per heavy atom. The molecule has 0 unspecified atom stereocenters. The molecule has 0 atom stereocenters. The molecule has 1 aromatic carbocycles. The van der Waals surface area contributed by atoms with Gasteiger partial charge in [-0.1, -0.05) is 6.07 Å². The van der Waals surface area contributed by atoms with Crippen molar-refractivity contribution in [3.05, 3.63) is 52.1 Å². The van der Waals surface area contributed by atoms with Crippen LogP contribution in [0.25, 0.3) is 16.9 Å². The molecule has 0 N–H and O–H groups in total. The lowest BCUT2D eigenvalue weighted by Crippen LogP contribution is -1.91. The lowest BCUT2D eigenvalue weighted by molar-refractivity contribution is 0.411. The number of imidazole rings is 1. The summed E-state index contributed by atoms with van der Waals surface area (Å²) in [5.41, 5.74) is 5.24. The van der Waals surface area contributed by atoms with E-state index < -0.39 is 0 Å². The van der Waals surface area contributed by atoms with Crippen LogP contribution < -0.4 is 4.74 Å². The number of aromatic nitrogens is 2. The third-order valence-electron chi connectivity index (χ3n) is 3.90. The molecule has 0 radical (unpaired) electrons. The van der Waals surface area contributed by atoms with Crippen LogP contribution in [0.2, 0.25) is 0 Å². The number of ether oxygens (including phenoxy) is 1. The molecule has 0 saturated carbocycles. The van der Waals surface area contributed by atoms with Crippen molar-refractivity contribution < 1.29 is 4.74 Å². The zero-order valence-corrected chi connectivity index (χ0v) is 13.0. The Kier molecular flexibility index (Phi) is 3.41. The molecule has 2 aromatic heterocycles. The molecule has 112 valence electrons. The van der Waals surface area contributed by atoms with Crippen LogP contribution in [-0.4, -0.2) is 16.5 Å². The van der Waals surface area contributed by atoms with Crippen molar-refractivity contribution in [2.45, 2.75) is 20.8 Å². The van der Waals surface area contributed by atoms with Crippen molar-refractivity contribution in [3.63, 3.8) is 0 Å². The van der Waals surface area contributed by atoms with Gasteiger partial charge in [0, 0.05) is 11.8 Å². The zero-order valence-electron chi connectivity index (χ0n) is 13.0. The van der Waals surface area contributed by atoms with Crippen molar-refractivity contribution in [3.8, 4) is 17.0 Å². The predicted octanol–water partition coefficient (Wildman–Crippen LogP) is 4.33. The minimum Gasteiger partial charge on any atom is -0.496 e. The van der Waals surface area contributed by atoms with E-state index in [2.05, 4.69) is 10.2 Å². The van der Waals surface area contributed by atoms with Gasteiger partial charge in [0.15, 0.2) is 0 Å². The number of hydrogen-bond acceptors (Lipinski definition) is 4. The van der Waals surface area contributed by atoms with Crippen molar-refractivity contribution in [2.75, 3.05) is 7.11 Å². The van der Waals surface area contributed by atoms with Crippen molar-refractivity contribution >= 4 is 11.5 Å². The van der Waals surface area contributed by atoms with Crippen molar-refractivity contribution in [2.24, 2.45) is 5.18 Å². The molecule has 0 spiro atoms. The molecule has 2 heterocycles. The van der Waals surface area contributed by atoms with Gasteiger partial charge in [-0.2, -0.15) is 0 Å². The van der Waals surface area contributed by atoms with Gasteiger partial charge >= 0.3 is 0 Å². The number of benzene rings is 1. The van der Waals surface area contributed by atoms with E-state index in [9.17, 15) is 4.91 Å². The van der Waals surface area contributed by atoms with Crippen LogP contribution in [0.4, 0.5) is 5.82 Å². The first-order valence-corrected chi connectivity index (χ1v) is 7.03. The summed E-state index contributed by atoms with van der Waals surface area (Å²) in [6, 6.07) is 7.79. The number of aryl methyl sites for hydroxylation is 3. The summed E-state index contributed by atoms with van der Waals surface area (Å²) in [4.78, 5) is 16.0. The van der Waals surface area contributed by atoms with Gasteiger partial charge in [0.05, 0.1) is 7.11 Å². The van der Waals surface area contributed by atoms with E-state index in [1.165, 1.54) is 0 Å². The van der Waals surface area contributed by atoms with E-state index >= 15 is 0 Å². The highest BCUT2D eigenvalue weighted by Crippen LogP contribution is 2.36. The Morgan fingerprint density at radius 3 is 2.59 bits per heavy atom. The average Bonchev–Trinajstić information content (AvgIpc) is 2.88. The van der Waals surface area contributed by atoms with Crippen molar-refractivity contribution in [1.82, 2.24) is 9.38 Å². The molecule has 0 aliphatic heterocycles. The van der Waals surface area contributed by atoms with Gasteiger partial charge in [-0.3, -0.25) is 4.40 Å². The van der Waals surface area contributed by atoms with Gasteiger partial charge in [-0.05, 0) is 60.8 Å². The van der Waals surface area contributed by atoms with E-state index in [-0.39, 0.29) is 0 Å². The van der Waals surface area contributed by atoms with Crippen LogP contribution in [-0.2, 0) is 0 Å². The maximum absolute atomic E-state index is 11.4. The summed E-state index contributed by atoms with van der Waals surface area (Å²) in [5.74, 6) is 1.15. The number of rotatable bonds is 3. The molecule has 0 aliphatic carbocycles. The van der Waals surface area contributed by atoms with Gasteiger partial charge in [0.2, 0.25) is 5.82 Å². The summed E-state index contributed by atoms with van der Waals surface area (Å²) in [7, 11) is 1.65. The third-order valence-corrected chi connectivity index (χ3v) is 3.90. The molecule has 0 amide bonds. The normalized spacial score (nSPS) is 10.9. The number of hydrogen-bond donors (Lipinski definition) is 0. The molecule has 0 fully saturated rings. The molecule has 0 bridgehead atoms. The standard InChI is InChI=1S/C17H17N3O2/c1-10-6-5-7-20-16(10)18-15(17(20)19-21)13-8-12(3)14(22-4)9-11(13)2/h5-9H,1-4H3. The van der Waals surface area contributed by atoms with Gasteiger partial charge in [-0.25, -0.2) is 4.98 Å². The fourth-order valence-electron chi connectivity index (χ4n) is 2.72. The molecular weight excluding hydrogens is 278 g/mol. The average molecular weight is 295 g/mol. The first-order chi connectivity index (χ1) is 10.6. The first kappa shape index (κ1) is 14.3. The third kappa shape index (κ3) is 2.06. The van der Waals surface area contributed by atoms with Crippen LogP contribution in [0.3, 0.4) is 0 Å². The summed E-state index contributed by atoms with van der Waals surface area (Å²) in [5, 5.41) is 3.21. The van der Waals surface area contributed by atoms with Gasteiger partial charge in [0.1, 0.15) is 17.1 Å². The van der Waals surface area contributed by atoms with Crippen LogP contribution in [0.1, 0.15) is 16.7 Å². The van der Waals surface area contributed by atoms with E-state index in [4.69, 9.17) is 4.74 Å². The minimum absolute atomic E-state index is 0.325. The maximum atomic E-state index is 11.4. The molecule has 0 saturated heterocycles. The number of methoxy groups -OCH3 is 1. The molecule has 3 rings (SSSR count). The largest absolute Gasteiger partial charge is 0.496 e. The zero-order chi connectivity index (χ0) is 15.9. The Labute approximate surface area is 128 Å². The summed E-state index contributed by atoms with van der Waals surface area (Å²) < 4.78 is 7.07. The molecule has 5 nitrogen and oxygen atoms in total. The van der Waals surface area contributed by atoms with E-state index in [0.717, 1.165) is 33.7 Å². The van der Waals surface area contributed by atoms with Gasteiger partial charge in [0.25, 0.3) is 0 Å². The number of pyridine rings is 1. The molecular formula is C17H17N3O2. The van der Waals surface area contributed by atoms with E-state index in [1.807, 2.05) is 45.0 Å². The highest BCUT2D eigenvalue weighted by atomic mass is 16.5. The quantitative estimate of drug-likeness (QED) is 0.676. The van der Waals surface area contributed by atoms with Gasteiger partial charge < -0.3 is 4.74 Å². The number of nitroso groups, excluding NO2 is 1. The fourth-order valence-corrected chi connectivity index (χ4v) is 2.72. The van der Waals surface area contributed by atoms with E-state index in [1.54, 1.807) is 17.7 Å². The summed E-state index contributed by atoms with van der Waals surface area (Å²) in [6.07, 6.45) is 1.81. The summed E-state index contributed by atoms with van der Waals surface area (Å²) >= 11 is 0. The monoisotopic (exact) mass is 295 g/mol. The molecule has 3 aromatic rings. The van der Waals surface area contributed by atoms with Crippen LogP contribution in [0, 0.1) is 25.7 Å². The smallest absolute Gasteiger partial charge is 0.209 e. The maximum Gasteiger partial charge on any atom is 0.209 e. The molecule has 22 heavy (non-hydrogen) atoms. The highest BCUT2D eigenvalue weighted by molar-refractivity contribution is 5.78. The Balaban J connectivity index is 2.33. The number of fused-ring (bicyclic) bond motifs is 1. The van der Waals surface area contributed by atoms with Crippen LogP contribution >= 0.6 is 0 Å². The Bertz CT molecular complexity index is 881. The summed E-state index contributed by atoms with van der Waals surface area (Å²) in [6.45, 7) is 5.91. The second-order valence-corrected chi connectivity index (χ2v) is 5.40. The Morgan fingerprint density at radius 1 is 1.14 bits per heavy atom. The second kappa shape index (κ2) is 5.26. The second-order valence-electron chi connectivity index (χ2n) is 5.40. The van der Waals surface area contributed by atoms with E-state index in [0.29, 0.717) is 11.5 Å². The highest BCUT2D eigenvalue weighted by Gasteiger charge is 2.18. The van der Waals surface area contributed by atoms with Gasteiger partial charge in [-0.15, -0.1) is 4.91 Å². The topological polar surface area (TPSA) is 56.0 Å².